The molecule has 0 aliphatic carbocycles. The molecule has 25 heavy (non-hydrogen) atoms. The van der Waals surface area contributed by atoms with Gasteiger partial charge in [0.1, 0.15) is 0 Å². The molecule has 2 unspecified atom stereocenters. The predicted octanol–water partition coefficient (Wildman–Crippen LogP) is 2.60. The molecule has 2 atom stereocenters. The SMILES string of the molecule is CN=C(NCc1cccc(OC)n1)NCC1CCCOC1C(C)(C)C. The molecule has 0 radical (unpaired) electrons. The number of aliphatic imine (C=N–C) groups is 1. The predicted molar refractivity (Wildman–Crippen MR) is 101 cm³/mol. The molecule has 2 heterocycles. The Labute approximate surface area is 151 Å². The van der Waals surface area contributed by atoms with Crippen LogP contribution in [0.3, 0.4) is 0 Å². The van der Waals surface area contributed by atoms with Crippen LogP contribution in [0.25, 0.3) is 0 Å². The van der Waals surface area contributed by atoms with Gasteiger partial charge in [0, 0.05) is 32.2 Å². The summed E-state index contributed by atoms with van der Waals surface area (Å²) in [6.45, 7) is 9.06. The third-order valence-corrected chi connectivity index (χ3v) is 4.48. The summed E-state index contributed by atoms with van der Waals surface area (Å²) in [6, 6.07) is 5.74. The molecule has 6 heteroatoms. The van der Waals surface area contributed by atoms with E-state index in [1.54, 1.807) is 14.2 Å². The zero-order valence-corrected chi connectivity index (χ0v) is 16.1. The third kappa shape index (κ3) is 5.88. The van der Waals surface area contributed by atoms with Gasteiger partial charge in [-0.3, -0.25) is 4.99 Å². The summed E-state index contributed by atoms with van der Waals surface area (Å²) in [5, 5.41) is 6.75. The largest absolute Gasteiger partial charge is 0.481 e. The summed E-state index contributed by atoms with van der Waals surface area (Å²) in [5.74, 6) is 1.89. The second kappa shape index (κ2) is 9.04. The Bertz CT molecular complexity index is 569. The Morgan fingerprint density at radius 2 is 2.16 bits per heavy atom. The molecule has 0 aromatic carbocycles. The Hall–Kier alpha value is -1.82. The number of nitrogens with one attached hydrogen (secondary N) is 2. The Balaban J connectivity index is 1.87. The molecule has 1 aliphatic rings. The molecular formula is C19H32N4O2. The first-order valence-corrected chi connectivity index (χ1v) is 9.00. The van der Waals surface area contributed by atoms with Crippen LogP contribution in [0.1, 0.15) is 39.3 Å². The molecule has 1 aromatic heterocycles. The summed E-state index contributed by atoms with van der Waals surface area (Å²) in [5.41, 5.74) is 1.06. The van der Waals surface area contributed by atoms with Crippen LogP contribution in [0.4, 0.5) is 0 Å². The van der Waals surface area contributed by atoms with Gasteiger partial charge in [-0.1, -0.05) is 26.8 Å². The number of aromatic nitrogens is 1. The van der Waals surface area contributed by atoms with Crippen LogP contribution in [0.2, 0.25) is 0 Å². The number of pyridine rings is 1. The second-order valence-electron chi connectivity index (χ2n) is 7.54. The molecule has 140 valence electrons. The van der Waals surface area contributed by atoms with E-state index in [1.807, 2.05) is 18.2 Å². The molecule has 0 spiro atoms. The van der Waals surface area contributed by atoms with Gasteiger partial charge in [0.15, 0.2) is 5.96 Å². The number of nitrogens with zero attached hydrogens (tertiary/aromatic N) is 2. The lowest BCUT2D eigenvalue weighted by Gasteiger charge is -2.40. The average molecular weight is 348 g/mol. The second-order valence-corrected chi connectivity index (χ2v) is 7.54. The van der Waals surface area contributed by atoms with Gasteiger partial charge in [-0.25, -0.2) is 4.98 Å². The van der Waals surface area contributed by atoms with Crippen LogP contribution >= 0.6 is 0 Å². The normalized spacial score (nSPS) is 21.7. The van der Waals surface area contributed by atoms with Crippen LogP contribution in [0, 0.1) is 11.3 Å². The monoisotopic (exact) mass is 348 g/mol. The van der Waals surface area contributed by atoms with Gasteiger partial charge in [-0.15, -0.1) is 0 Å². The third-order valence-electron chi connectivity index (χ3n) is 4.48. The summed E-state index contributed by atoms with van der Waals surface area (Å²) in [6.07, 6.45) is 2.58. The molecule has 0 amide bonds. The van der Waals surface area contributed by atoms with Crippen LogP contribution in [-0.2, 0) is 11.3 Å². The maximum absolute atomic E-state index is 6.05. The number of guanidine groups is 1. The molecule has 1 aliphatic heterocycles. The molecule has 0 saturated carbocycles. The van der Waals surface area contributed by atoms with E-state index in [4.69, 9.17) is 9.47 Å². The van der Waals surface area contributed by atoms with Gasteiger partial charge in [0.2, 0.25) is 5.88 Å². The first-order valence-electron chi connectivity index (χ1n) is 9.00. The van der Waals surface area contributed by atoms with Crippen molar-refractivity contribution < 1.29 is 9.47 Å². The lowest BCUT2D eigenvalue weighted by molar-refractivity contribution is -0.0835. The van der Waals surface area contributed by atoms with Crippen LogP contribution < -0.4 is 15.4 Å². The summed E-state index contributed by atoms with van der Waals surface area (Å²) >= 11 is 0. The topological polar surface area (TPSA) is 67.8 Å². The van der Waals surface area contributed by atoms with Crippen molar-refractivity contribution in [3.05, 3.63) is 23.9 Å². The van der Waals surface area contributed by atoms with Crippen molar-refractivity contribution >= 4 is 5.96 Å². The Morgan fingerprint density at radius 3 is 2.84 bits per heavy atom. The fraction of sp³-hybridized carbons (Fsp3) is 0.684. The van der Waals surface area contributed by atoms with E-state index >= 15 is 0 Å². The molecule has 6 nitrogen and oxygen atoms in total. The van der Waals surface area contributed by atoms with Gasteiger partial charge in [0.25, 0.3) is 0 Å². The Morgan fingerprint density at radius 1 is 1.36 bits per heavy atom. The van der Waals surface area contributed by atoms with Gasteiger partial charge in [-0.2, -0.15) is 0 Å². The zero-order chi connectivity index (χ0) is 18.3. The van der Waals surface area contributed by atoms with E-state index < -0.39 is 0 Å². The summed E-state index contributed by atoms with van der Waals surface area (Å²) < 4.78 is 11.2. The van der Waals surface area contributed by atoms with Crippen LogP contribution in [0.15, 0.2) is 23.2 Å². The number of hydrogen-bond acceptors (Lipinski definition) is 4. The van der Waals surface area contributed by atoms with Crippen molar-refractivity contribution in [3.63, 3.8) is 0 Å². The van der Waals surface area contributed by atoms with Crippen LogP contribution in [-0.4, -0.2) is 44.4 Å². The summed E-state index contributed by atoms with van der Waals surface area (Å²) in [4.78, 5) is 8.72. The first kappa shape index (κ1) is 19.5. The summed E-state index contributed by atoms with van der Waals surface area (Å²) in [7, 11) is 3.41. The van der Waals surface area contributed by atoms with Crippen molar-refractivity contribution in [2.75, 3.05) is 27.3 Å². The maximum atomic E-state index is 6.05. The van der Waals surface area contributed by atoms with E-state index in [0.717, 1.165) is 31.2 Å². The van der Waals surface area contributed by atoms with E-state index in [2.05, 4.69) is 41.4 Å². The zero-order valence-electron chi connectivity index (χ0n) is 16.1. The highest BCUT2D eigenvalue weighted by Crippen LogP contribution is 2.33. The first-order chi connectivity index (χ1) is 11.9. The van der Waals surface area contributed by atoms with E-state index in [-0.39, 0.29) is 11.5 Å². The molecule has 2 rings (SSSR count). The highest BCUT2D eigenvalue weighted by molar-refractivity contribution is 5.79. The lowest BCUT2D eigenvalue weighted by atomic mass is 9.78. The number of ether oxygens (including phenoxy) is 2. The lowest BCUT2D eigenvalue weighted by Crippen LogP contribution is -2.47. The molecule has 1 fully saturated rings. The molecule has 1 aromatic rings. The van der Waals surface area contributed by atoms with Gasteiger partial charge in [0.05, 0.1) is 25.5 Å². The average Bonchev–Trinajstić information content (AvgIpc) is 2.61. The molecule has 0 bridgehead atoms. The van der Waals surface area contributed by atoms with E-state index in [9.17, 15) is 0 Å². The van der Waals surface area contributed by atoms with Crippen molar-refractivity contribution in [2.45, 2.75) is 46.3 Å². The van der Waals surface area contributed by atoms with Crippen molar-refractivity contribution in [3.8, 4) is 5.88 Å². The van der Waals surface area contributed by atoms with Crippen molar-refractivity contribution in [1.29, 1.82) is 0 Å². The van der Waals surface area contributed by atoms with Gasteiger partial charge < -0.3 is 20.1 Å². The smallest absolute Gasteiger partial charge is 0.213 e. The number of hydrogen-bond donors (Lipinski definition) is 2. The highest BCUT2D eigenvalue weighted by Gasteiger charge is 2.35. The van der Waals surface area contributed by atoms with E-state index in [0.29, 0.717) is 18.3 Å². The number of rotatable bonds is 5. The van der Waals surface area contributed by atoms with Gasteiger partial charge in [-0.05, 0) is 24.3 Å². The van der Waals surface area contributed by atoms with Crippen molar-refractivity contribution in [2.24, 2.45) is 16.3 Å². The van der Waals surface area contributed by atoms with Gasteiger partial charge >= 0.3 is 0 Å². The minimum atomic E-state index is 0.147. The molecular weight excluding hydrogens is 316 g/mol. The fourth-order valence-corrected chi connectivity index (χ4v) is 3.30. The fourth-order valence-electron chi connectivity index (χ4n) is 3.30. The standard InChI is InChI=1S/C19H32N4O2/c1-19(2,3)17-14(8-7-11-25-17)12-21-18(20-4)22-13-15-9-6-10-16(23-15)24-5/h6,9-10,14,17H,7-8,11-13H2,1-5H3,(H2,20,21,22). The Kier molecular flexibility index (Phi) is 7.05. The maximum Gasteiger partial charge on any atom is 0.213 e. The number of methoxy groups -OCH3 is 1. The highest BCUT2D eigenvalue weighted by atomic mass is 16.5. The minimum absolute atomic E-state index is 0.147. The van der Waals surface area contributed by atoms with E-state index in [1.165, 1.54) is 6.42 Å². The molecule has 1 saturated heterocycles. The quantitative estimate of drug-likeness (QED) is 0.632. The molecule has 2 N–H and O–H groups in total. The van der Waals surface area contributed by atoms with Crippen molar-refractivity contribution in [1.82, 2.24) is 15.6 Å². The van der Waals surface area contributed by atoms with Crippen LogP contribution in [0.5, 0.6) is 5.88 Å². The minimum Gasteiger partial charge on any atom is -0.481 e.